The Labute approximate surface area is 114 Å². The first kappa shape index (κ1) is 12.3. The third-order valence-electron chi connectivity index (χ3n) is 2.94. The molecule has 100 valence electrons. The van der Waals surface area contributed by atoms with Crippen LogP contribution < -0.4 is 0 Å². The van der Waals surface area contributed by atoms with E-state index in [4.69, 9.17) is 0 Å². The van der Waals surface area contributed by atoms with E-state index < -0.39 is 5.97 Å². The van der Waals surface area contributed by atoms with Gasteiger partial charge in [0.25, 0.3) is 0 Å². The number of nitrogens with one attached hydrogen (secondary N) is 1. The van der Waals surface area contributed by atoms with E-state index in [1.807, 2.05) is 31.2 Å². The van der Waals surface area contributed by atoms with Gasteiger partial charge in [-0.2, -0.15) is 0 Å². The lowest BCUT2D eigenvalue weighted by atomic mass is 10.1. The van der Waals surface area contributed by atoms with Crippen LogP contribution in [0.2, 0.25) is 0 Å². The second kappa shape index (κ2) is 4.73. The maximum atomic E-state index is 11.6. The Bertz CT molecular complexity index is 795. The van der Waals surface area contributed by atoms with Gasteiger partial charge in [-0.3, -0.25) is 0 Å². The fourth-order valence-corrected chi connectivity index (χ4v) is 1.99. The Balaban J connectivity index is 2.12. The van der Waals surface area contributed by atoms with Crippen LogP contribution in [-0.4, -0.2) is 33.0 Å². The molecule has 0 unspecified atom stereocenters. The molecule has 0 amide bonds. The third kappa shape index (κ3) is 2.11. The van der Waals surface area contributed by atoms with Crippen LogP contribution in [0.15, 0.2) is 30.6 Å². The van der Waals surface area contributed by atoms with E-state index in [1.165, 1.54) is 7.11 Å². The van der Waals surface area contributed by atoms with Crippen molar-refractivity contribution in [2.24, 2.45) is 0 Å². The Morgan fingerprint density at radius 2 is 2.10 bits per heavy atom. The van der Waals surface area contributed by atoms with Crippen molar-refractivity contribution in [2.75, 3.05) is 7.11 Å². The molecule has 0 atom stereocenters. The predicted octanol–water partition coefficient (Wildman–Crippen LogP) is 2.11. The van der Waals surface area contributed by atoms with Crippen LogP contribution in [0, 0.1) is 6.92 Å². The van der Waals surface area contributed by atoms with Crippen LogP contribution in [0.4, 0.5) is 0 Å². The summed E-state index contributed by atoms with van der Waals surface area (Å²) in [6.45, 7) is 1.81. The first-order valence-corrected chi connectivity index (χ1v) is 6.05. The molecule has 1 aromatic carbocycles. The summed E-state index contributed by atoms with van der Waals surface area (Å²) in [7, 11) is 1.31. The van der Waals surface area contributed by atoms with Gasteiger partial charge >= 0.3 is 5.97 Å². The molecular formula is C14H12N4O2. The zero-order chi connectivity index (χ0) is 14.1. The maximum absolute atomic E-state index is 11.6. The maximum Gasteiger partial charge on any atom is 0.376 e. The van der Waals surface area contributed by atoms with E-state index in [-0.39, 0.29) is 5.82 Å². The molecule has 3 rings (SSSR count). The van der Waals surface area contributed by atoms with Crippen LogP contribution in [-0.2, 0) is 4.74 Å². The van der Waals surface area contributed by atoms with Crippen LogP contribution in [0.25, 0.3) is 22.3 Å². The van der Waals surface area contributed by atoms with E-state index in [1.54, 1.807) is 6.33 Å². The number of H-pyrrole nitrogens is 1. The molecule has 0 saturated carbocycles. The molecule has 0 saturated heterocycles. The van der Waals surface area contributed by atoms with Crippen molar-refractivity contribution in [1.29, 1.82) is 0 Å². The number of methoxy groups -OCH3 is 1. The molecule has 6 nitrogen and oxygen atoms in total. The van der Waals surface area contributed by atoms with E-state index in [9.17, 15) is 4.79 Å². The number of hydrogen-bond acceptors (Lipinski definition) is 5. The van der Waals surface area contributed by atoms with E-state index in [2.05, 4.69) is 24.7 Å². The molecule has 0 bridgehead atoms. The number of carbonyl (C=O) groups is 1. The first-order chi connectivity index (χ1) is 9.67. The minimum Gasteiger partial charge on any atom is -0.463 e. The summed E-state index contributed by atoms with van der Waals surface area (Å²) in [5.74, 6) is -0.482. The average molecular weight is 268 g/mol. The highest BCUT2D eigenvalue weighted by Crippen LogP contribution is 2.21. The van der Waals surface area contributed by atoms with Gasteiger partial charge < -0.3 is 9.72 Å². The lowest BCUT2D eigenvalue weighted by Gasteiger charge is -2.05. The number of aromatic amines is 1. The highest BCUT2D eigenvalue weighted by Gasteiger charge is 2.12. The van der Waals surface area contributed by atoms with Gasteiger partial charge in [0, 0.05) is 11.3 Å². The molecule has 0 spiro atoms. The SMILES string of the molecule is COC(=O)c1nc(C)cc(-c2ccc3nc[nH]c3c2)n1. The number of benzene rings is 1. The van der Waals surface area contributed by atoms with Crippen molar-refractivity contribution in [2.45, 2.75) is 6.92 Å². The smallest absolute Gasteiger partial charge is 0.376 e. The van der Waals surface area contributed by atoms with Gasteiger partial charge in [-0.05, 0) is 25.1 Å². The summed E-state index contributed by atoms with van der Waals surface area (Å²) in [5.41, 5.74) is 4.07. The van der Waals surface area contributed by atoms with Gasteiger partial charge in [0.05, 0.1) is 30.2 Å². The average Bonchev–Trinajstić information content (AvgIpc) is 2.93. The summed E-state index contributed by atoms with van der Waals surface area (Å²) in [6.07, 6.45) is 1.64. The summed E-state index contributed by atoms with van der Waals surface area (Å²) >= 11 is 0. The zero-order valence-corrected chi connectivity index (χ0v) is 11.0. The standard InChI is InChI=1S/C14H12N4O2/c1-8-5-11(18-13(17-8)14(19)20-2)9-3-4-10-12(6-9)16-7-15-10/h3-7H,1-2H3,(H,15,16). The van der Waals surface area contributed by atoms with Crippen molar-refractivity contribution >= 4 is 17.0 Å². The number of imidazole rings is 1. The van der Waals surface area contributed by atoms with Crippen molar-refractivity contribution in [3.05, 3.63) is 42.1 Å². The molecule has 6 heteroatoms. The fourth-order valence-electron chi connectivity index (χ4n) is 1.99. The fraction of sp³-hybridized carbons (Fsp3) is 0.143. The molecular weight excluding hydrogens is 256 g/mol. The normalized spacial score (nSPS) is 10.7. The van der Waals surface area contributed by atoms with E-state index in [0.717, 1.165) is 16.6 Å². The largest absolute Gasteiger partial charge is 0.463 e. The molecule has 0 fully saturated rings. The van der Waals surface area contributed by atoms with Gasteiger partial charge in [-0.1, -0.05) is 6.07 Å². The summed E-state index contributed by atoms with van der Waals surface area (Å²) in [5, 5.41) is 0. The second-order valence-electron chi connectivity index (χ2n) is 4.34. The van der Waals surface area contributed by atoms with Crippen LogP contribution in [0.1, 0.15) is 16.3 Å². The van der Waals surface area contributed by atoms with Crippen LogP contribution >= 0.6 is 0 Å². The lowest BCUT2D eigenvalue weighted by Crippen LogP contribution is -2.09. The number of esters is 1. The number of hydrogen-bond donors (Lipinski definition) is 1. The topological polar surface area (TPSA) is 80.8 Å². The number of ether oxygens (including phenoxy) is 1. The minimum absolute atomic E-state index is 0.0622. The van der Waals surface area contributed by atoms with E-state index in [0.29, 0.717) is 11.4 Å². The van der Waals surface area contributed by atoms with Crippen molar-refractivity contribution in [3.8, 4) is 11.3 Å². The number of aromatic nitrogens is 4. The summed E-state index contributed by atoms with van der Waals surface area (Å²) < 4.78 is 4.66. The highest BCUT2D eigenvalue weighted by atomic mass is 16.5. The van der Waals surface area contributed by atoms with Crippen LogP contribution in [0.5, 0.6) is 0 Å². The molecule has 3 aromatic rings. The van der Waals surface area contributed by atoms with E-state index >= 15 is 0 Å². The molecule has 0 aliphatic rings. The molecule has 0 aliphatic heterocycles. The first-order valence-electron chi connectivity index (χ1n) is 6.05. The second-order valence-corrected chi connectivity index (χ2v) is 4.34. The summed E-state index contributed by atoms with van der Waals surface area (Å²) in [4.78, 5) is 27.1. The highest BCUT2D eigenvalue weighted by molar-refractivity contribution is 5.86. The summed E-state index contributed by atoms with van der Waals surface area (Å²) in [6, 6.07) is 7.57. The Kier molecular flexibility index (Phi) is 2.90. The molecule has 0 aliphatic carbocycles. The van der Waals surface area contributed by atoms with Crippen molar-refractivity contribution in [1.82, 2.24) is 19.9 Å². The van der Waals surface area contributed by atoms with Gasteiger partial charge in [0.2, 0.25) is 5.82 Å². The molecule has 2 heterocycles. The number of aryl methyl sites for hydroxylation is 1. The Morgan fingerprint density at radius 1 is 1.25 bits per heavy atom. The molecule has 0 radical (unpaired) electrons. The van der Waals surface area contributed by atoms with Crippen molar-refractivity contribution < 1.29 is 9.53 Å². The van der Waals surface area contributed by atoms with Gasteiger partial charge in [0.15, 0.2) is 0 Å². The zero-order valence-electron chi connectivity index (χ0n) is 11.0. The Hall–Kier alpha value is -2.76. The van der Waals surface area contributed by atoms with Gasteiger partial charge in [-0.25, -0.2) is 19.7 Å². The van der Waals surface area contributed by atoms with Gasteiger partial charge in [0.1, 0.15) is 0 Å². The van der Waals surface area contributed by atoms with Gasteiger partial charge in [-0.15, -0.1) is 0 Å². The Morgan fingerprint density at radius 3 is 2.90 bits per heavy atom. The van der Waals surface area contributed by atoms with Crippen LogP contribution in [0.3, 0.4) is 0 Å². The number of carbonyl (C=O) groups excluding carboxylic acids is 1. The number of rotatable bonds is 2. The minimum atomic E-state index is -0.544. The molecule has 2 aromatic heterocycles. The number of fused-ring (bicyclic) bond motifs is 1. The quantitative estimate of drug-likeness (QED) is 0.720. The lowest BCUT2D eigenvalue weighted by molar-refractivity contribution is 0.0586. The van der Waals surface area contributed by atoms with Crippen molar-refractivity contribution in [3.63, 3.8) is 0 Å². The number of nitrogens with zero attached hydrogens (tertiary/aromatic N) is 3. The monoisotopic (exact) mass is 268 g/mol. The molecule has 20 heavy (non-hydrogen) atoms. The molecule has 1 N–H and O–H groups in total. The third-order valence-corrected chi connectivity index (χ3v) is 2.94. The predicted molar refractivity (Wildman–Crippen MR) is 73.2 cm³/mol.